The molecule has 4 heteroatoms. The highest BCUT2D eigenvalue weighted by Crippen LogP contribution is 2.39. The summed E-state index contributed by atoms with van der Waals surface area (Å²) < 4.78 is 15.5. The van der Waals surface area contributed by atoms with Gasteiger partial charge in [-0.1, -0.05) is 78.4 Å². The van der Waals surface area contributed by atoms with Crippen LogP contribution in [0.5, 0.6) is 0 Å². The Morgan fingerprint density at radius 2 is 1.26 bits per heavy atom. The van der Waals surface area contributed by atoms with Crippen LogP contribution < -0.4 is 10.6 Å². The van der Waals surface area contributed by atoms with Crippen LogP contribution in [0.15, 0.2) is 113 Å². The van der Waals surface area contributed by atoms with Gasteiger partial charge in [0.2, 0.25) is 0 Å². The molecule has 0 spiro atoms. The predicted octanol–water partition coefficient (Wildman–Crippen LogP) is 4.86. The molecule has 27 heavy (non-hydrogen) atoms. The molecule has 0 saturated carbocycles. The summed E-state index contributed by atoms with van der Waals surface area (Å²) in [5.74, 6) is 0. The normalized spacial score (nSPS) is 12.2. The average molecular weight is 389 g/mol. The Kier molecular flexibility index (Phi) is 5.33. The van der Waals surface area contributed by atoms with Gasteiger partial charge in [0.15, 0.2) is 0 Å². The Hall–Kier alpha value is -2.48. The molecule has 1 atom stereocenters. The minimum Gasteiger partial charge on any atom is -0.310 e. The minimum atomic E-state index is -1.22. The van der Waals surface area contributed by atoms with Gasteiger partial charge in [0.1, 0.15) is 15.8 Å². The summed E-state index contributed by atoms with van der Waals surface area (Å²) in [6.45, 7) is 2.04. The molecular weight excluding hydrogens is 369 g/mol. The molecule has 134 valence electrons. The van der Waals surface area contributed by atoms with Gasteiger partial charge in [-0.05, 0) is 31.2 Å². The van der Waals surface area contributed by atoms with Gasteiger partial charge < -0.3 is 4.34 Å². The second kappa shape index (κ2) is 8.04. The van der Waals surface area contributed by atoms with Crippen LogP contribution in [0, 0.1) is 6.92 Å². The van der Waals surface area contributed by atoms with Crippen molar-refractivity contribution in [1.82, 2.24) is 4.34 Å². The lowest BCUT2D eigenvalue weighted by molar-refractivity contribution is 0.680. The third-order valence-electron chi connectivity index (χ3n) is 4.33. The van der Waals surface area contributed by atoms with Crippen LogP contribution >= 0.6 is 8.07 Å². The minimum absolute atomic E-state index is 0.830. The first-order chi connectivity index (χ1) is 13.2. The Bertz CT molecular complexity index is 1000. The lowest BCUT2D eigenvalue weighted by atomic mass is 10.2. The second-order valence-corrected chi connectivity index (χ2v) is 9.77. The number of aryl methyl sites for hydroxylation is 1. The van der Waals surface area contributed by atoms with Crippen LogP contribution in [0.3, 0.4) is 0 Å². The van der Waals surface area contributed by atoms with E-state index in [1.165, 1.54) is 16.2 Å². The molecule has 4 rings (SSSR count). The van der Waals surface area contributed by atoms with Crippen LogP contribution in [0.4, 0.5) is 0 Å². The summed E-state index contributed by atoms with van der Waals surface area (Å²) >= 11 is 0. The van der Waals surface area contributed by atoms with Crippen LogP contribution in [-0.2, 0) is 10.8 Å². The van der Waals surface area contributed by atoms with E-state index in [1.807, 2.05) is 61.7 Å². The molecule has 3 aromatic carbocycles. The lowest BCUT2D eigenvalue weighted by Gasteiger charge is -2.22. The first kappa shape index (κ1) is 17.9. The van der Waals surface area contributed by atoms with Gasteiger partial charge in [-0.15, -0.1) is 0 Å². The molecule has 0 amide bonds. The van der Waals surface area contributed by atoms with Gasteiger partial charge in [0, 0.05) is 21.7 Å². The van der Waals surface area contributed by atoms with E-state index in [0.717, 1.165) is 9.92 Å². The zero-order chi connectivity index (χ0) is 18.6. The van der Waals surface area contributed by atoms with Crippen LogP contribution in [-0.4, -0.2) is 8.55 Å². The zero-order valence-corrected chi connectivity index (χ0v) is 16.7. The van der Waals surface area contributed by atoms with Crippen LogP contribution in [0.1, 0.15) is 5.56 Å². The van der Waals surface area contributed by atoms with Crippen molar-refractivity contribution in [3.05, 3.63) is 109 Å². The molecule has 2 nitrogen and oxygen atoms in total. The van der Waals surface area contributed by atoms with Crippen LogP contribution in [0.2, 0.25) is 0 Å². The van der Waals surface area contributed by atoms with E-state index in [-0.39, 0.29) is 0 Å². The van der Waals surface area contributed by atoms with Crippen molar-refractivity contribution in [3.8, 4) is 0 Å². The van der Waals surface area contributed by atoms with Gasteiger partial charge in [-0.2, -0.15) is 0 Å². The highest BCUT2D eigenvalue weighted by Gasteiger charge is 2.21. The van der Waals surface area contributed by atoms with E-state index in [2.05, 4.69) is 52.9 Å². The Morgan fingerprint density at radius 3 is 1.81 bits per heavy atom. The SMILES string of the molecule is Cc1ccc(S(=O)c2cccn2P(c2ccccc2)c2ccccc2)cc1. The topological polar surface area (TPSA) is 22.0 Å². The number of nitrogens with zero attached hydrogens (tertiary/aromatic N) is 1. The summed E-state index contributed by atoms with van der Waals surface area (Å²) in [7, 11) is -2.06. The molecule has 0 bridgehead atoms. The molecule has 0 aliphatic heterocycles. The van der Waals surface area contributed by atoms with Gasteiger partial charge in [0.25, 0.3) is 0 Å². The Labute approximate surface area is 163 Å². The quantitative estimate of drug-likeness (QED) is 0.447. The first-order valence-corrected chi connectivity index (χ1v) is 11.2. The number of benzene rings is 3. The third-order valence-corrected chi connectivity index (χ3v) is 8.24. The van der Waals surface area contributed by atoms with Gasteiger partial charge in [0.05, 0.1) is 8.07 Å². The summed E-state index contributed by atoms with van der Waals surface area (Å²) in [5, 5.41) is 3.30. The molecule has 1 aromatic heterocycles. The van der Waals surface area contributed by atoms with E-state index < -0.39 is 18.9 Å². The van der Waals surface area contributed by atoms with Crippen molar-refractivity contribution in [2.45, 2.75) is 16.8 Å². The largest absolute Gasteiger partial charge is 0.310 e. The maximum absolute atomic E-state index is 13.3. The number of rotatable bonds is 5. The average Bonchev–Trinajstić information content (AvgIpc) is 3.19. The smallest absolute Gasteiger partial charge is 0.115 e. The third kappa shape index (κ3) is 3.80. The predicted molar refractivity (Wildman–Crippen MR) is 115 cm³/mol. The van der Waals surface area contributed by atoms with Crippen molar-refractivity contribution in [2.24, 2.45) is 0 Å². The summed E-state index contributed by atoms with van der Waals surface area (Å²) in [5.41, 5.74) is 1.17. The van der Waals surface area contributed by atoms with E-state index in [4.69, 9.17) is 0 Å². The fourth-order valence-electron chi connectivity index (χ4n) is 2.99. The van der Waals surface area contributed by atoms with Crippen molar-refractivity contribution in [2.75, 3.05) is 0 Å². The summed E-state index contributed by atoms with van der Waals surface area (Å²) in [6, 6.07) is 32.8. The monoisotopic (exact) mass is 389 g/mol. The highest BCUT2D eigenvalue weighted by atomic mass is 32.2. The summed E-state index contributed by atoms with van der Waals surface area (Å²) in [6.07, 6.45) is 2.05. The van der Waals surface area contributed by atoms with Crippen molar-refractivity contribution >= 4 is 29.5 Å². The molecular formula is C23H20NOPS. The van der Waals surface area contributed by atoms with Gasteiger partial charge >= 0.3 is 0 Å². The fraction of sp³-hybridized carbons (Fsp3) is 0.0435. The molecule has 1 heterocycles. The first-order valence-electron chi connectivity index (χ1n) is 8.80. The number of hydrogen-bond acceptors (Lipinski definition) is 1. The fourth-order valence-corrected chi connectivity index (χ4v) is 6.69. The molecule has 0 fully saturated rings. The molecule has 0 saturated heterocycles. The maximum atomic E-state index is 13.3. The standard InChI is InChI=1S/C23H20NOPS/c1-19-14-16-22(17-15-19)27(25)23-13-8-18-24(23)26(20-9-4-2-5-10-20)21-11-6-3-7-12-21/h2-18H,1H3. The molecule has 4 aromatic rings. The van der Waals surface area contributed by atoms with E-state index >= 15 is 0 Å². The van der Waals surface area contributed by atoms with Crippen LogP contribution in [0.25, 0.3) is 0 Å². The molecule has 1 unspecified atom stereocenters. The van der Waals surface area contributed by atoms with E-state index in [1.54, 1.807) is 0 Å². The molecule has 0 radical (unpaired) electrons. The second-order valence-electron chi connectivity index (χ2n) is 6.26. The number of aromatic nitrogens is 1. The maximum Gasteiger partial charge on any atom is 0.115 e. The Morgan fingerprint density at radius 1 is 0.704 bits per heavy atom. The molecule has 0 N–H and O–H groups in total. The number of hydrogen-bond donors (Lipinski definition) is 0. The lowest BCUT2D eigenvalue weighted by Crippen LogP contribution is -2.18. The van der Waals surface area contributed by atoms with E-state index in [0.29, 0.717) is 0 Å². The van der Waals surface area contributed by atoms with Crippen molar-refractivity contribution in [1.29, 1.82) is 0 Å². The van der Waals surface area contributed by atoms with Crippen molar-refractivity contribution < 1.29 is 4.21 Å². The summed E-state index contributed by atoms with van der Waals surface area (Å²) in [4.78, 5) is 0.830. The van der Waals surface area contributed by atoms with Gasteiger partial charge in [-0.3, -0.25) is 0 Å². The molecule has 0 aliphatic carbocycles. The Balaban J connectivity index is 1.82. The zero-order valence-electron chi connectivity index (χ0n) is 15.0. The van der Waals surface area contributed by atoms with E-state index in [9.17, 15) is 4.21 Å². The van der Waals surface area contributed by atoms with Crippen molar-refractivity contribution in [3.63, 3.8) is 0 Å². The highest BCUT2D eigenvalue weighted by molar-refractivity contribution is 7.85. The van der Waals surface area contributed by atoms with Gasteiger partial charge in [-0.25, -0.2) is 4.21 Å². The molecule has 0 aliphatic rings.